The second-order valence-electron chi connectivity index (χ2n) is 3.92. The van der Waals surface area contributed by atoms with Crippen LogP contribution in [0.25, 0.3) is 0 Å². The van der Waals surface area contributed by atoms with Crippen LogP contribution in [0.4, 0.5) is 0 Å². The molecule has 0 aliphatic heterocycles. The van der Waals surface area contributed by atoms with Crippen LogP contribution in [0.15, 0.2) is 16.8 Å². The van der Waals surface area contributed by atoms with Crippen molar-refractivity contribution in [3.8, 4) is 0 Å². The second-order valence-corrected chi connectivity index (χ2v) is 4.70. The number of carbonyl (C=O) groups excluding carboxylic acids is 1. The fourth-order valence-corrected chi connectivity index (χ4v) is 2.41. The Morgan fingerprint density at radius 3 is 3.00 bits per heavy atom. The predicted octanol–water partition coefficient (Wildman–Crippen LogP) is 2.13. The molecule has 0 aliphatic rings. The summed E-state index contributed by atoms with van der Waals surface area (Å²) in [6, 6.07) is 2.04. The van der Waals surface area contributed by atoms with Crippen molar-refractivity contribution < 1.29 is 9.53 Å². The van der Waals surface area contributed by atoms with Crippen LogP contribution in [-0.2, 0) is 17.7 Å². The van der Waals surface area contributed by atoms with Gasteiger partial charge in [0, 0.05) is 0 Å². The second kappa shape index (κ2) is 5.77. The Bertz CT molecular complexity index is 519. The SMILES string of the molecule is CCCc1c(C(=O)OC)nnn1Cc1ccsc1. The van der Waals surface area contributed by atoms with Crippen molar-refractivity contribution in [3.05, 3.63) is 33.8 Å². The Morgan fingerprint density at radius 1 is 1.56 bits per heavy atom. The zero-order valence-corrected chi connectivity index (χ0v) is 11.2. The van der Waals surface area contributed by atoms with Gasteiger partial charge in [0.2, 0.25) is 0 Å². The van der Waals surface area contributed by atoms with Crippen molar-refractivity contribution in [3.63, 3.8) is 0 Å². The summed E-state index contributed by atoms with van der Waals surface area (Å²) in [5.74, 6) is -0.421. The van der Waals surface area contributed by atoms with Crippen LogP contribution in [0.3, 0.4) is 0 Å². The highest BCUT2D eigenvalue weighted by Gasteiger charge is 2.19. The van der Waals surface area contributed by atoms with Crippen LogP contribution in [0.5, 0.6) is 0 Å². The lowest BCUT2D eigenvalue weighted by atomic mass is 10.2. The highest BCUT2D eigenvalue weighted by molar-refractivity contribution is 7.07. The fourth-order valence-electron chi connectivity index (χ4n) is 1.75. The van der Waals surface area contributed by atoms with Gasteiger partial charge in [-0.1, -0.05) is 18.6 Å². The summed E-state index contributed by atoms with van der Waals surface area (Å²) in [4.78, 5) is 11.6. The Labute approximate surface area is 109 Å². The van der Waals surface area contributed by atoms with Gasteiger partial charge in [-0.15, -0.1) is 5.10 Å². The van der Waals surface area contributed by atoms with E-state index in [9.17, 15) is 4.79 Å². The van der Waals surface area contributed by atoms with Crippen LogP contribution in [-0.4, -0.2) is 28.1 Å². The monoisotopic (exact) mass is 265 g/mol. The third kappa shape index (κ3) is 2.59. The number of carbonyl (C=O) groups is 1. The number of methoxy groups -OCH3 is 1. The van der Waals surface area contributed by atoms with Gasteiger partial charge in [-0.3, -0.25) is 0 Å². The molecule has 0 aliphatic carbocycles. The summed E-state index contributed by atoms with van der Waals surface area (Å²) in [6.45, 7) is 2.70. The van der Waals surface area contributed by atoms with Crippen molar-refractivity contribution in [2.45, 2.75) is 26.3 Å². The fraction of sp³-hybridized carbons (Fsp3) is 0.417. The summed E-state index contributed by atoms with van der Waals surface area (Å²) in [5.41, 5.74) is 2.34. The van der Waals surface area contributed by atoms with Gasteiger partial charge in [0.15, 0.2) is 5.69 Å². The molecular weight excluding hydrogens is 250 g/mol. The van der Waals surface area contributed by atoms with Crippen LogP contribution in [0.1, 0.15) is 35.1 Å². The molecule has 5 nitrogen and oxygen atoms in total. The number of hydrogen-bond donors (Lipinski definition) is 0. The smallest absolute Gasteiger partial charge is 0.360 e. The van der Waals surface area contributed by atoms with Gasteiger partial charge in [-0.05, 0) is 28.8 Å². The molecule has 0 saturated heterocycles. The highest BCUT2D eigenvalue weighted by atomic mass is 32.1. The molecule has 0 fully saturated rings. The third-order valence-corrected chi connectivity index (χ3v) is 3.35. The van der Waals surface area contributed by atoms with E-state index < -0.39 is 5.97 Å². The number of ether oxygens (including phenoxy) is 1. The Kier molecular flexibility index (Phi) is 4.09. The van der Waals surface area contributed by atoms with Gasteiger partial charge in [-0.2, -0.15) is 11.3 Å². The third-order valence-electron chi connectivity index (χ3n) is 2.62. The molecule has 0 amide bonds. The van der Waals surface area contributed by atoms with Crippen LogP contribution in [0, 0.1) is 0 Å². The Morgan fingerprint density at radius 2 is 2.39 bits per heavy atom. The molecule has 0 aromatic carbocycles. The normalized spacial score (nSPS) is 10.6. The number of esters is 1. The number of rotatable bonds is 5. The molecule has 2 rings (SSSR count). The Hall–Kier alpha value is -1.69. The van der Waals surface area contributed by atoms with Crippen molar-refractivity contribution >= 4 is 17.3 Å². The minimum Gasteiger partial charge on any atom is -0.464 e. The largest absolute Gasteiger partial charge is 0.464 e. The highest BCUT2D eigenvalue weighted by Crippen LogP contribution is 2.13. The van der Waals surface area contributed by atoms with Gasteiger partial charge in [0.1, 0.15) is 0 Å². The molecule has 0 unspecified atom stereocenters. The summed E-state index contributed by atoms with van der Waals surface area (Å²) < 4.78 is 6.49. The lowest BCUT2D eigenvalue weighted by Gasteiger charge is -2.05. The molecule has 0 bridgehead atoms. The van der Waals surface area contributed by atoms with E-state index in [4.69, 9.17) is 4.74 Å². The van der Waals surface area contributed by atoms with E-state index in [1.54, 1.807) is 16.0 Å². The average Bonchev–Trinajstić information content (AvgIpc) is 3.01. The minimum absolute atomic E-state index is 0.328. The molecule has 0 radical (unpaired) electrons. The Balaban J connectivity index is 2.29. The first-order chi connectivity index (χ1) is 8.76. The number of nitrogens with zero attached hydrogens (tertiary/aromatic N) is 3. The standard InChI is InChI=1S/C12H15N3O2S/c1-3-4-10-11(12(16)17-2)13-14-15(10)7-9-5-6-18-8-9/h5-6,8H,3-4,7H2,1-2H3. The number of thiophene rings is 1. The maximum Gasteiger partial charge on any atom is 0.360 e. The molecule has 2 heterocycles. The maximum atomic E-state index is 11.6. The zero-order chi connectivity index (χ0) is 13.0. The summed E-state index contributed by atoms with van der Waals surface area (Å²) in [7, 11) is 1.36. The molecule has 0 saturated carbocycles. The van der Waals surface area contributed by atoms with Crippen molar-refractivity contribution in [1.82, 2.24) is 15.0 Å². The molecule has 2 aromatic heterocycles. The average molecular weight is 265 g/mol. The molecule has 0 spiro atoms. The minimum atomic E-state index is -0.421. The first-order valence-corrected chi connectivity index (χ1v) is 6.72. The quantitative estimate of drug-likeness (QED) is 0.777. The number of hydrogen-bond acceptors (Lipinski definition) is 5. The maximum absolute atomic E-state index is 11.6. The van der Waals surface area contributed by atoms with E-state index in [0.717, 1.165) is 18.5 Å². The van der Waals surface area contributed by atoms with Crippen LogP contribution >= 0.6 is 11.3 Å². The van der Waals surface area contributed by atoms with Crippen molar-refractivity contribution in [1.29, 1.82) is 0 Å². The number of aromatic nitrogens is 3. The molecule has 0 atom stereocenters. The first-order valence-electron chi connectivity index (χ1n) is 5.78. The van der Waals surface area contributed by atoms with Crippen molar-refractivity contribution in [2.24, 2.45) is 0 Å². The zero-order valence-electron chi connectivity index (χ0n) is 10.4. The van der Waals surface area contributed by atoms with Crippen molar-refractivity contribution in [2.75, 3.05) is 7.11 Å². The van der Waals surface area contributed by atoms with Gasteiger partial charge in [-0.25, -0.2) is 9.48 Å². The van der Waals surface area contributed by atoms with E-state index in [2.05, 4.69) is 22.6 Å². The van der Waals surface area contributed by atoms with Gasteiger partial charge in [0.25, 0.3) is 0 Å². The van der Waals surface area contributed by atoms with Crippen LogP contribution in [0.2, 0.25) is 0 Å². The van der Waals surface area contributed by atoms with E-state index in [1.807, 2.05) is 11.4 Å². The molecule has 18 heavy (non-hydrogen) atoms. The summed E-state index contributed by atoms with van der Waals surface area (Å²) in [5, 5.41) is 12.1. The summed E-state index contributed by atoms with van der Waals surface area (Å²) >= 11 is 1.64. The first kappa shape index (κ1) is 12.8. The molecule has 6 heteroatoms. The lowest BCUT2D eigenvalue weighted by molar-refractivity contribution is 0.0592. The molecule has 2 aromatic rings. The predicted molar refractivity (Wildman–Crippen MR) is 68.8 cm³/mol. The molecule has 0 N–H and O–H groups in total. The van der Waals surface area contributed by atoms with Crippen LogP contribution < -0.4 is 0 Å². The lowest BCUT2D eigenvalue weighted by Crippen LogP contribution is -2.10. The van der Waals surface area contributed by atoms with Gasteiger partial charge < -0.3 is 4.74 Å². The van der Waals surface area contributed by atoms with Gasteiger partial charge >= 0.3 is 5.97 Å². The van der Waals surface area contributed by atoms with Gasteiger partial charge in [0.05, 0.1) is 19.3 Å². The topological polar surface area (TPSA) is 57.0 Å². The molecule has 96 valence electrons. The van der Waals surface area contributed by atoms with E-state index in [-0.39, 0.29) is 0 Å². The van der Waals surface area contributed by atoms with E-state index in [0.29, 0.717) is 12.2 Å². The van der Waals surface area contributed by atoms with E-state index >= 15 is 0 Å². The molecular formula is C12H15N3O2S. The van der Waals surface area contributed by atoms with E-state index in [1.165, 1.54) is 12.7 Å². The summed E-state index contributed by atoms with van der Waals surface area (Å²) in [6.07, 6.45) is 1.70.